The summed E-state index contributed by atoms with van der Waals surface area (Å²) >= 11 is 0. The monoisotopic (exact) mass is 256 g/mol. The van der Waals surface area contributed by atoms with Gasteiger partial charge in [-0.25, -0.2) is 4.58 Å². The third-order valence-electron chi connectivity index (χ3n) is 3.25. The first-order valence-electron chi connectivity index (χ1n) is 6.75. The fourth-order valence-electron chi connectivity index (χ4n) is 2.05. The molecule has 1 heterocycles. The first kappa shape index (κ1) is 15.1. The van der Waals surface area contributed by atoms with Crippen LogP contribution in [0.5, 0.6) is 0 Å². The molecule has 0 bridgehead atoms. The van der Waals surface area contributed by atoms with Crippen LogP contribution in [0.4, 0.5) is 0 Å². The molecule has 0 radical (unpaired) electrons. The highest BCUT2D eigenvalue weighted by Gasteiger charge is 2.17. The van der Waals surface area contributed by atoms with Crippen molar-refractivity contribution in [2.75, 3.05) is 53.5 Å². The second kappa shape index (κ2) is 9.05. The van der Waals surface area contributed by atoms with Crippen LogP contribution in [0.2, 0.25) is 0 Å². The molecule has 0 saturated carbocycles. The van der Waals surface area contributed by atoms with Crippen LogP contribution >= 0.6 is 0 Å². The second-order valence-corrected chi connectivity index (χ2v) is 4.68. The van der Waals surface area contributed by atoms with Crippen molar-refractivity contribution in [1.82, 2.24) is 10.2 Å². The molecule has 5 nitrogen and oxygen atoms in total. The van der Waals surface area contributed by atoms with E-state index in [0.29, 0.717) is 6.54 Å². The second-order valence-electron chi connectivity index (χ2n) is 4.68. The van der Waals surface area contributed by atoms with Crippen LogP contribution in [0.25, 0.3) is 0 Å². The number of hydrogen-bond donors (Lipinski definition) is 1. The average Bonchev–Trinajstić information content (AvgIpc) is 2.40. The molecule has 0 aromatic carbocycles. The Balaban J connectivity index is 2.12. The van der Waals surface area contributed by atoms with Gasteiger partial charge in [0.15, 0.2) is 12.8 Å². The van der Waals surface area contributed by atoms with Crippen molar-refractivity contribution in [2.24, 2.45) is 0 Å². The lowest BCUT2D eigenvalue weighted by Gasteiger charge is -2.22. The summed E-state index contributed by atoms with van der Waals surface area (Å²) in [5, 5.41) is 2.65. The van der Waals surface area contributed by atoms with Crippen LogP contribution in [0.1, 0.15) is 19.3 Å². The van der Waals surface area contributed by atoms with Crippen molar-refractivity contribution >= 4 is 12.1 Å². The number of methoxy groups -OCH3 is 1. The van der Waals surface area contributed by atoms with Gasteiger partial charge in [0.05, 0.1) is 13.1 Å². The summed E-state index contributed by atoms with van der Waals surface area (Å²) in [6, 6.07) is 0. The summed E-state index contributed by atoms with van der Waals surface area (Å²) in [6.07, 6.45) is 5.74. The Morgan fingerprint density at radius 3 is 2.89 bits per heavy atom. The molecule has 0 atom stereocenters. The number of carbonyl (C=O) groups excluding carboxylic acids is 1. The maximum atomic E-state index is 11.2. The van der Waals surface area contributed by atoms with Gasteiger partial charge in [0.2, 0.25) is 6.54 Å². The Bertz CT molecular complexity index is 279. The van der Waals surface area contributed by atoms with Crippen LogP contribution in [-0.2, 0) is 9.53 Å². The van der Waals surface area contributed by atoms with Gasteiger partial charge in [-0.3, -0.25) is 9.69 Å². The van der Waals surface area contributed by atoms with E-state index in [1.807, 2.05) is 0 Å². The Morgan fingerprint density at radius 2 is 2.28 bits per heavy atom. The summed E-state index contributed by atoms with van der Waals surface area (Å²) in [5.41, 5.74) is 0. The molecule has 0 spiro atoms. The van der Waals surface area contributed by atoms with Crippen LogP contribution < -0.4 is 5.32 Å². The zero-order valence-electron chi connectivity index (χ0n) is 11.7. The first-order chi connectivity index (χ1) is 8.76. The molecule has 104 valence electrons. The van der Waals surface area contributed by atoms with Crippen LogP contribution in [0.15, 0.2) is 0 Å². The highest BCUT2D eigenvalue weighted by atomic mass is 16.5. The molecule has 0 aromatic heterocycles. The first-order valence-corrected chi connectivity index (χ1v) is 6.75. The van der Waals surface area contributed by atoms with Crippen LogP contribution in [-0.4, -0.2) is 75.1 Å². The minimum atomic E-state index is 0.0827. The SMILES string of the molecule is CNC(=O)C[N+]1=CCN(CCCCCOC)CC1. The van der Waals surface area contributed by atoms with Gasteiger partial charge in [-0.2, -0.15) is 0 Å². The van der Waals surface area contributed by atoms with E-state index < -0.39 is 0 Å². The molecule has 5 heteroatoms. The minimum absolute atomic E-state index is 0.0827. The molecule has 0 fully saturated rings. The Labute approximate surface area is 110 Å². The fourth-order valence-corrected chi connectivity index (χ4v) is 2.05. The van der Waals surface area contributed by atoms with E-state index >= 15 is 0 Å². The van der Waals surface area contributed by atoms with Crippen molar-refractivity contribution in [3.63, 3.8) is 0 Å². The van der Waals surface area contributed by atoms with Gasteiger partial charge in [-0.15, -0.1) is 0 Å². The maximum absolute atomic E-state index is 11.2. The van der Waals surface area contributed by atoms with E-state index in [4.69, 9.17) is 4.74 Å². The van der Waals surface area contributed by atoms with E-state index in [2.05, 4.69) is 21.0 Å². The van der Waals surface area contributed by atoms with E-state index in [0.717, 1.165) is 39.2 Å². The van der Waals surface area contributed by atoms with Gasteiger partial charge >= 0.3 is 0 Å². The van der Waals surface area contributed by atoms with Gasteiger partial charge in [0.1, 0.15) is 0 Å². The quantitative estimate of drug-likeness (QED) is 0.489. The molecule has 0 aromatic rings. The van der Waals surface area contributed by atoms with Crippen LogP contribution in [0.3, 0.4) is 0 Å². The number of nitrogens with one attached hydrogen (secondary N) is 1. The summed E-state index contributed by atoms with van der Waals surface area (Å²) in [5.74, 6) is 0.0827. The number of hydrogen-bond acceptors (Lipinski definition) is 3. The van der Waals surface area contributed by atoms with Crippen molar-refractivity contribution < 1.29 is 14.1 Å². The summed E-state index contributed by atoms with van der Waals surface area (Å²) in [7, 11) is 3.43. The Morgan fingerprint density at radius 1 is 1.44 bits per heavy atom. The van der Waals surface area contributed by atoms with Gasteiger partial charge in [-0.1, -0.05) is 0 Å². The predicted molar refractivity (Wildman–Crippen MR) is 72.3 cm³/mol. The Hall–Kier alpha value is -0.940. The third kappa shape index (κ3) is 6.12. The van der Waals surface area contributed by atoms with E-state index in [1.54, 1.807) is 14.2 Å². The molecule has 1 amide bonds. The number of rotatable bonds is 8. The fraction of sp³-hybridized carbons (Fsp3) is 0.846. The van der Waals surface area contributed by atoms with Gasteiger partial charge in [0, 0.05) is 20.8 Å². The molecule has 1 aliphatic rings. The largest absolute Gasteiger partial charge is 0.385 e. The molecule has 1 N–H and O–H groups in total. The van der Waals surface area contributed by atoms with Gasteiger partial charge in [-0.05, 0) is 25.8 Å². The average molecular weight is 256 g/mol. The Kier molecular flexibility index (Phi) is 7.60. The summed E-state index contributed by atoms with van der Waals surface area (Å²) in [4.78, 5) is 13.7. The topological polar surface area (TPSA) is 44.6 Å². The molecular formula is C13H26N3O2+. The number of ether oxygens (including phenoxy) is 1. The van der Waals surface area contributed by atoms with Crippen molar-refractivity contribution in [1.29, 1.82) is 0 Å². The van der Waals surface area contributed by atoms with Gasteiger partial charge in [0.25, 0.3) is 5.91 Å². The predicted octanol–water partition coefficient (Wildman–Crippen LogP) is -0.0520. The van der Waals surface area contributed by atoms with E-state index in [-0.39, 0.29) is 5.91 Å². The van der Waals surface area contributed by atoms with E-state index in [9.17, 15) is 4.79 Å². The highest BCUT2D eigenvalue weighted by molar-refractivity contribution is 5.77. The lowest BCUT2D eigenvalue weighted by molar-refractivity contribution is -0.518. The zero-order valence-corrected chi connectivity index (χ0v) is 11.7. The number of nitrogens with zero attached hydrogens (tertiary/aromatic N) is 2. The standard InChI is InChI=1S/C13H25N3O2/c1-14-13(17)12-16-9-7-15(8-10-16)6-4-3-5-11-18-2/h9H,3-8,10-12H2,1-2H3/p+1. The lowest BCUT2D eigenvalue weighted by atomic mass is 10.2. The summed E-state index contributed by atoms with van der Waals surface area (Å²) in [6.45, 7) is 5.46. The highest BCUT2D eigenvalue weighted by Crippen LogP contribution is 2.00. The van der Waals surface area contributed by atoms with Crippen molar-refractivity contribution in [3.8, 4) is 0 Å². The zero-order chi connectivity index (χ0) is 13.2. The molecule has 18 heavy (non-hydrogen) atoms. The maximum Gasteiger partial charge on any atom is 0.285 e. The molecule has 0 saturated heterocycles. The van der Waals surface area contributed by atoms with Crippen LogP contribution in [0, 0.1) is 0 Å². The molecule has 0 unspecified atom stereocenters. The number of likely N-dealkylation sites (N-methyl/N-ethyl adjacent to an activating group) is 1. The number of amides is 1. The molecule has 1 aliphatic heterocycles. The normalized spacial score (nSPS) is 16.4. The minimum Gasteiger partial charge on any atom is -0.385 e. The lowest BCUT2D eigenvalue weighted by Crippen LogP contribution is -2.43. The summed E-state index contributed by atoms with van der Waals surface area (Å²) < 4.78 is 7.13. The molecule has 1 rings (SSSR count). The number of unbranched alkanes of at least 4 members (excludes halogenated alkanes) is 2. The smallest absolute Gasteiger partial charge is 0.285 e. The third-order valence-corrected chi connectivity index (χ3v) is 3.25. The molecular weight excluding hydrogens is 230 g/mol. The van der Waals surface area contributed by atoms with E-state index in [1.165, 1.54) is 12.8 Å². The number of carbonyl (C=O) groups is 1. The molecule has 0 aliphatic carbocycles. The van der Waals surface area contributed by atoms with Crippen molar-refractivity contribution in [3.05, 3.63) is 0 Å². The van der Waals surface area contributed by atoms with Gasteiger partial charge < -0.3 is 10.1 Å². The van der Waals surface area contributed by atoms with Crippen molar-refractivity contribution in [2.45, 2.75) is 19.3 Å².